The quantitative estimate of drug-likeness (QED) is 0.763. The number of nitrogens with one attached hydrogen (secondary N) is 1. The molecule has 0 spiro atoms. The monoisotopic (exact) mass is 386 g/mol. The van der Waals surface area contributed by atoms with Crippen molar-refractivity contribution in [1.82, 2.24) is 10.2 Å². The minimum Gasteiger partial charge on any atom is -0.493 e. The zero-order valence-electron chi connectivity index (χ0n) is 16.8. The topological polar surface area (TPSA) is 67.9 Å². The zero-order chi connectivity index (χ0) is 19.7. The molecule has 1 aliphatic heterocycles. The normalized spacial score (nSPS) is 25.6. The Hall–Kier alpha value is -2.24. The molecule has 2 aliphatic carbocycles. The van der Waals surface area contributed by atoms with Gasteiger partial charge in [0.05, 0.1) is 20.1 Å². The van der Waals surface area contributed by atoms with E-state index in [-0.39, 0.29) is 29.8 Å². The van der Waals surface area contributed by atoms with Crippen molar-refractivity contribution in [3.05, 3.63) is 23.8 Å². The Morgan fingerprint density at radius 3 is 2.50 bits per heavy atom. The van der Waals surface area contributed by atoms with Gasteiger partial charge in [-0.3, -0.25) is 9.59 Å². The molecule has 1 unspecified atom stereocenters. The van der Waals surface area contributed by atoms with Crippen molar-refractivity contribution < 1.29 is 19.1 Å². The summed E-state index contributed by atoms with van der Waals surface area (Å²) in [6, 6.07) is 5.31. The van der Waals surface area contributed by atoms with Crippen molar-refractivity contribution >= 4 is 11.8 Å². The number of rotatable bonds is 6. The van der Waals surface area contributed by atoms with Gasteiger partial charge in [0.2, 0.25) is 11.8 Å². The van der Waals surface area contributed by atoms with Gasteiger partial charge >= 0.3 is 0 Å². The van der Waals surface area contributed by atoms with Crippen molar-refractivity contribution in [2.24, 2.45) is 5.92 Å². The average Bonchev–Trinajstić information content (AvgIpc) is 3.16. The summed E-state index contributed by atoms with van der Waals surface area (Å²) in [5.74, 6) is 1.34. The first-order valence-corrected chi connectivity index (χ1v) is 10.5. The van der Waals surface area contributed by atoms with Crippen molar-refractivity contribution in [3.63, 3.8) is 0 Å². The number of carbonyl (C=O) groups is 2. The Labute approximate surface area is 166 Å². The average molecular weight is 386 g/mol. The standard InChI is InChI=1S/C22H30N2O4/c1-27-18-12-11-14(13-19(18)28-2)20(21(25)23-15-7-4-3-5-8-15)24-17-10-6-9-16(17)22(24)26/h11-13,15-17,20H,3-10H2,1-2H3,(H,23,25)/t16-,17+,20?/m1/s1. The van der Waals surface area contributed by atoms with Gasteiger partial charge < -0.3 is 19.7 Å². The number of hydrogen-bond donors (Lipinski definition) is 1. The highest BCUT2D eigenvalue weighted by Crippen LogP contribution is 2.46. The number of nitrogens with zero attached hydrogens (tertiary/aromatic N) is 1. The Balaban J connectivity index is 1.63. The molecule has 1 N–H and O–H groups in total. The largest absolute Gasteiger partial charge is 0.493 e. The summed E-state index contributed by atoms with van der Waals surface area (Å²) >= 11 is 0. The van der Waals surface area contributed by atoms with Gasteiger partial charge in [-0.25, -0.2) is 0 Å². The number of carbonyl (C=O) groups excluding carboxylic acids is 2. The number of β-lactam (4-membered cyclic amide) rings is 1. The molecule has 3 aliphatic rings. The summed E-state index contributed by atoms with van der Waals surface area (Å²) in [7, 11) is 3.17. The molecule has 3 fully saturated rings. The minimum absolute atomic E-state index is 0.0715. The molecule has 2 amide bonds. The van der Waals surface area contributed by atoms with Gasteiger partial charge in [0.15, 0.2) is 11.5 Å². The van der Waals surface area contributed by atoms with Crippen LogP contribution in [0.4, 0.5) is 0 Å². The van der Waals surface area contributed by atoms with E-state index >= 15 is 0 Å². The molecule has 2 saturated carbocycles. The number of ether oxygens (including phenoxy) is 2. The van der Waals surface area contributed by atoms with Crippen LogP contribution in [-0.4, -0.2) is 43.0 Å². The molecule has 1 aromatic rings. The van der Waals surface area contributed by atoms with E-state index in [0.717, 1.165) is 50.5 Å². The molecule has 28 heavy (non-hydrogen) atoms. The summed E-state index contributed by atoms with van der Waals surface area (Å²) < 4.78 is 10.8. The van der Waals surface area contributed by atoms with Crippen LogP contribution in [0.3, 0.4) is 0 Å². The minimum atomic E-state index is -0.603. The highest BCUT2D eigenvalue weighted by atomic mass is 16.5. The van der Waals surface area contributed by atoms with Gasteiger partial charge in [-0.1, -0.05) is 31.7 Å². The predicted octanol–water partition coefficient (Wildman–Crippen LogP) is 3.20. The lowest BCUT2D eigenvalue weighted by atomic mass is 9.86. The van der Waals surface area contributed by atoms with Crippen LogP contribution in [0.2, 0.25) is 0 Å². The van der Waals surface area contributed by atoms with E-state index in [1.54, 1.807) is 14.2 Å². The second kappa shape index (κ2) is 8.02. The molecule has 6 heteroatoms. The third kappa shape index (κ3) is 3.33. The van der Waals surface area contributed by atoms with E-state index in [1.165, 1.54) is 6.42 Å². The van der Waals surface area contributed by atoms with Crippen molar-refractivity contribution in [2.45, 2.75) is 69.5 Å². The van der Waals surface area contributed by atoms with Gasteiger partial charge in [-0.05, 0) is 43.4 Å². The molecule has 3 atom stereocenters. The Morgan fingerprint density at radius 1 is 1.04 bits per heavy atom. The van der Waals surface area contributed by atoms with Crippen LogP contribution in [0, 0.1) is 5.92 Å². The number of likely N-dealkylation sites (tertiary alicyclic amines) is 1. The molecule has 1 heterocycles. The molecule has 4 rings (SSSR count). The maximum Gasteiger partial charge on any atom is 0.247 e. The maximum absolute atomic E-state index is 13.4. The SMILES string of the molecule is COc1ccc(C(C(=O)NC2CCCCC2)N2C(=O)[C@@H]3CCC[C@@H]32)cc1OC. The van der Waals surface area contributed by atoms with Gasteiger partial charge in [0, 0.05) is 12.1 Å². The van der Waals surface area contributed by atoms with Crippen molar-refractivity contribution in [1.29, 1.82) is 0 Å². The summed E-state index contributed by atoms with van der Waals surface area (Å²) in [5, 5.41) is 3.23. The van der Waals surface area contributed by atoms with Crippen LogP contribution in [0.1, 0.15) is 63.0 Å². The molecule has 0 radical (unpaired) electrons. The fourth-order valence-electron chi connectivity index (χ4n) is 5.14. The second-order valence-electron chi connectivity index (χ2n) is 8.21. The van der Waals surface area contributed by atoms with E-state index in [4.69, 9.17) is 9.47 Å². The second-order valence-corrected chi connectivity index (χ2v) is 8.21. The lowest BCUT2D eigenvalue weighted by Gasteiger charge is -2.48. The summed E-state index contributed by atoms with van der Waals surface area (Å²) in [6.07, 6.45) is 8.56. The van der Waals surface area contributed by atoms with Crippen molar-refractivity contribution in [2.75, 3.05) is 14.2 Å². The molecular weight excluding hydrogens is 356 g/mol. The molecule has 0 bridgehead atoms. The number of fused-ring (bicyclic) bond motifs is 1. The van der Waals surface area contributed by atoms with Gasteiger partial charge in [0.25, 0.3) is 0 Å². The number of benzene rings is 1. The molecule has 6 nitrogen and oxygen atoms in total. The number of hydrogen-bond acceptors (Lipinski definition) is 4. The zero-order valence-corrected chi connectivity index (χ0v) is 16.8. The molecule has 152 valence electrons. The van der Waals surface area contributed by atoms with Crippen LogP contribution >= 0.6 is 0 Å². The fraction of sp³-hybridized carbons (Fsp3) is 0.636. The lowest BCUT2D eigenvalue weighted by molar-refractivity contribution is -0.163. The lowest BCUT2D eigenvalue weighted by Crippen LogP contribution is -2.62. The van der Waals surface area contributed by atoms with Crippen LogP contribution in [0.25, 0.3) is 0 Å². The maximum atomic E-state index is 13.4. The highest BCUT2D eigenvalue weighted by molar-refractivity contribution is 5.94. The molecule has 0 aromatic heterocycles. The van der Waals surface area contributed by atoms with Crippen molar-refractivity contribution in [3.8, 4) is 11.5 Å². The third-order valence-electron chi connectivity index (χ3n) is 6.61. The smallest absolute Gasteiger partial charge is 0.247 e. The van der Waals surface area contributed by atoms with Crippen LogP contribution in [-0.2, 0) is 9.59 Å². The van der Waals surface area contributed by atoms with Gasteiger partial charge in [-0.2, -0.15) is 0 Å². The first-order valence-electron chi connectivity index (χ1n) is 10.5. The molecule has 1 saturated heterocycles. The van der Waals surface area contributed by atoms with E-state index in [0.29, 0.717) is 11.5 Å². The van der Waals surface area contributed by atoms with E-state index in [2.05, 4.69) is 5.32 Å². The Bertz CT molecular complexity index is 744. The Morgan fingerprint density at radius 2 is 1.79 bits per heavy atom. The first kappa shape index (κ1) is 19.1. The van der Waals surface area contributed by atoms with Gasteiger partial charge in [-0.15, -0.1) is 0 Å². The predicted molar refractivity (Wildman–Crippen MR) is 105 cm³/mol. The summed E-state index contributed by atoms with van der Waals surface area (Å²) in [6.45, 7) is 0. The summed E-state index contributed by atoms with van der Waals surface area (Å²) in [4.78, 5) is 28.0. The molecular formula is C22H30N2O4. The highest BCUT2D eigenvalue weighted by Gasteiger charge is 2.54. The van der Waals surface area contributed by atoms with E-state index in [1.807, 2.05) is 23.1 Å². The summed E-state index contributed by atoms with van der Waals surface area (Å²) in [5.41, 5.74) is 0.782. The molecule has 1 aromatic carbocycles. The fourth-order valence-corrected chi connectivity index (χ4v) is 5.14. The number of amides is 2. The van der Waals surface area contributed by atoms with E-state index in [9.17, 15) is 9.59 Å². The first-order chi connectivity index (χ1) is 13.6. The third-order valence-corrected chi connectivity index (χ3v) is 6.61. The van der Waals surface area contributed by atoms with E-state index < -0.39 is 6.04 Å². The van der Waals surface area contributed by atoms with Gasteiger partial charge in [0.1, 0.15) is 6.04 Å². The van der Waals surface area contributed by atoms with Crippen LogP contribution in [0.15, 0.2) is 18.2 Å². The van der Waals surface area contributed by atoms with Crippen LogP contribution < -0.4 is 14.8 Å². The van der Waals surface area contributed by atoms with Crippen LogP contribution in [0.5, 0.6) is 11.5 Å². The Kier molecular flexibility index (Phi) is 5.47. The number of methoxy groups -OCH3 is 2.